The highest BCUT2D eigenvalue weighted by molar-refractivity contribution is 6.31. The van der Waals surface area contributed by atoms with E-state index in [-0.39, 0.29) is 5.91 Å². The van der Waals surface area contributed by atoms with E-state index >= 15 is 0 Å². The zero-order valence-corrected chi connectivity index (χ0v) is 11.0. The van der Waals surface area contributed by atoms with Crippen LogP contribution in [0.3, 0.4) is 0 Å². The first-order valence-electron chi connectivity index (χ1n) is 6.25. The standard InChI is InChI=1S/C13H18ClN3O/c14-9-3-6-11(16-10-4-5-10)12(8-9)17-13(18)2-1-7-15/h3,6,8,10,16H,1-2,4-5,7,15H2,(H,17,18). The molecule has 5 heteroatoms. The van der Waals surface area contributed by atoms with E-state index in [1.807, 2.05) is 12.1 Å². The van der Waals surface area contributed by atoms with Crippen molar-refractivity contribution in [2.75, 3.05) is 17.2 Å². The van der Waals surface area contributed by atoms with Gasteiger partial charge in [-0.15, -0.1) is 0 Å². The third kappa shape index (κ3) is 3.89. The van der Waals surface area contributed by atoms with E-state index in [4.69, 9.17) is 17.3 Å². The number of rotatable bonds is 6. The molecule has 4 nitrogen and oxygen atoms in total. The number of anilines is 2. The highest BCUT2D eigenvalue weighted by Gasteiger charge is 2.22. The van der Waals surface area contributed by atoms with Crippen LogP contribution in [0.4, 0.5) is 11.4 Å². The lowest BCUT2D eigenvalue weighted by molar-refractivity contribution is -0.116. The number of carbonyl (C=O) groups is 1. The maximum atomic E-state index is 11.7. The van der Waals surface area contributed by atoms with E-state index in [1.54, 1.807) is 6.07 Å². The van der Waals surface area contributed by atoms with E-state index in [2.05, 4.69) is 10.6 Å². The van der Waals surface area contributed by atoms with E-state index in [0.29, 0.717) is 30.5 Å². The van der Waals surface area contributed by atoms with Crippen molar-refractivity contribution in [3.63, 3.8) is 0 Å². The average molecular weight is 268 g/mol. The molecule has 1 saturated carbocycles. The van der Waals surface area contributed by atoms with Crippen molar-refractivity contribution in [1.82, 2.24) is 0 Å². The van der Waals surface area contributed by atoms with Gasteiger partial charge < -0.3 is 16.4 Å². The molecule has 1 aromatic rings. The molecular formula is C13H18ClN3O. The van der Waals surface area contributed by atoms with Gasteiger partial charge >= 0.3 is 0 Å². The molecule has 18 heavy (non-hydrogen) atoms. The molecular weight excluding hydrogens is 250 g/mol. The Kier molecular flexibility index (Phi) is 4.44. The Bertz CT molecular complexity index is 432. The van der Waals surface area contributed by atoms with Crippen LogP contribution in [0.2, 0.25) is 5.02 Å². The number of halogens is 1. The molecule has 4 N–H and O–H groups in total. The van der Waals surface area contributed by atoms with Gasteiger partial charge in [0.2, 0.25) is 5.91 Å². The van der Waals surface area contributed by atoms with E-state index in [1.165, 1.54) is 12.8 Å². The van der Waals surface area contributed by atoms with Crippen LogP contribution in [-0.4, -0.2) is 18.5 Å². The minimum absolute atomic E-state index is 0.0263. The highest BCUT2D eigenvalue weighted by atomic mass is 35.5. The molecule has 0 saturated heterocycles. The molecule has 0 bridgehead atoms. The van der Waals surface area contributed by atoms with Gasteiger partial charge in [0.1, 0.15) is 0 Å². The molecule has 1 aromatic carbocycles. The molecule has 0 aromatic heterocycles. The fraction of sp³-hybridized carbons (Fsp3) is 0.462. The third-order valence-corrected chi connectivity index (χ3v) is 3.04. The lowest BCUT2D eigenvalue weighted by atomic mass is 10.2. The second-order valence-electron chi connectivity index (χ2n) is 4.55. The second kappa shape index (κ2) is 6.07. The number of amides is 1. The Morgan fingerprint density at radius 1 is 1.39 bits per heavy atom. The van der Waals surface area contributed by atoms with Crippen molar-refractivity contribution in [2.24, 2.45) is 5.73 Å². The number of nitrogens with one attached hydrogen (secondary N) is 2. The highest BCUT2D eigenvalue weighted by Crippen LogP contribution is 2.31. The maximum absolute atomic E-state index is 11.7. The number of carbonyl (C=O) groups excluding carboxylic acids is 1. The van der Waals surface area contributed by atoms with Crippen LogP contribution in [0, 0.1) is 0 Å². The van der Waals surface area contributed by atoms with Crippen molar-refractivity contribution in [3.8, 4) is 0 Å². The molecule has 0 radical (unpaired) electrons. The number of benzene rings is 1. The van der Waals surface area contributed by atoms with Gasteiger partial charge in [-0.05, 0) is 44.0 Å². The summed E-state index contributed by atoms with van der Waals surface area (Å²) in [5.74, 6) is -0.0263. The van der Waals surface area contributed by atoms with Gasteiger partial charge in [-0.3, -0.25) is 4.79 Å². The summed E-state index contributed by atoms with van der Waals surface area (Å²) in [6.45, 7) is 0.524. The van der Waals surface area contributed by atoms with E-state index in [0.717, 1.165) is 11.4 Å². The summed E-state index contributed by atoms with van der Waals surface area (Å²) in [7, 11) is 0. The Morgan fingerprint density at radius 3 is 2.83 bits per heavy atom. The normalized spacial score (nSPS) is 14.3. The Hall–Kier alpha value is -1.26. The van der Waals surface area contributed by atoms with Crippen molar-refractivity contribution in [1.29, 1.82) is 0 Å². The van der Waals surface area contributed by atoms with Gasteiger partial charge in [0.05, 0.1) is 11.4 Å². The quantitative estimate of drug-likeness (QED) is 0.742. The first kappa shape index (κ1) is 13.2. The summed E-state index contributed by atoms with van der Waals surface area (Å²) in [5, 5.41) is 6.87. The van der Waals surface area contributed by atoms with Crippen LogP contribution in [0.5, 0.6) is 0 Å². The largest absolute Gasteiger partial charge is 0.381 e. The van der Waals surface area contributed by atoms with Gasteiger partial charge in [-0.25, -0.2) is 0 Å². The Balaban J connectivity index is 2.03. The van der Waals surface area contributed by atoms with E-state index in [9.17, 15) is 4.79 Å². The number of hydrogen-bond acceptors (Lipinski definition) is 3. The molecule has 1 amide bonds. The summed E-state index contributed by atoms with van der Waals surface area (Å²) < 4.78 is 0. The van der Waals surface area contributed by atoms with Crippen LogP contribution >= 0.6 is 11.6 Å². The maximum Gasteiger partial charge on any atom is 0.224 e. The summed E-state index contributed by atoms with van der Waals surface area (Å²) in [6, 6.07) is 6.03. The van der Waals surface area contributed by atoms with Crippen LogP contribution in [-0.2, 0) is 4.79 Å². The molecule has 2 rings (SSSR count). The Labute approximate surface area is 112 Å². The Morgan fingerprint density at radius 2 is 2.17 bits per heavy atom. The average Bonchev–Trinajstić information content (AvgIpc) is 3.14. The molecule has 1 aliphatic rings. The minimum atomic E-state index is -0.0263. The molecule has 1 fully saturated rings. The predicted molar refractivity (Wildman–Crippen MR) is 75.0 cm³/mol. The summed E-state index contributed by atoms with van der Waals surface area (Å²) in [6.07, 6.45) is 3.50. The zero-order valence-electron chi connectivity index (χ0n) is 10.2. The first-order valence-corrected chi connectivity index (χ1v) is 6.63. The van der Waals surface area contributed by atoms with Gasteiger partial charge in [-0.2, -0.15) is 0 Å². The van der Waals surface area contributed by atoms with Crippen molar-refractivity contribution in [2.45, 2.75) is 31.7 Å². The van der Waals surface area contributed by atoms with Gasteiger partial charge in [0, 0.05) is 17.5 Å². The summed E-state index contributed by atoms with van der Waals surface area (Å²) >= 11 is 5.96. The van der Waals surface area contributed by atoms with Crippen LogP contribution in [0.25, 0.3) is 0 Å². The predicted octanol–water partition coefficient (Wildman–Crippen LogP) is 2.59. The minimum Gasteiger partial charge on any atom is -0.381 e. The number of nitrogens with two attached hydrogens (primary N) is 1. The molecule has 0 heterocycles. The SMILES string of the molecule is NCCCC(=O)Nc1cc(Cl)ccc1NC1CC1. The lowest BCUT2D eigenvalue weighted by Crippen LogP contribution is -2.15. The number of hydrogen-bond donors (Lipinski definition) is 3. The molecule has 0 unspecified atom stereocenters. The first-order chi connectivity index (χ1) is 8.69. The van der Waals surface area contributed by atoms with Crippen LogP contribution in [0.15, 0.2) is 18.2 Å². The monoisotopic (exact) mass is 267 g/mol. The zero-order chi connectivity index (χ0) is 13.0. The second-order valence-corrected chi connectivity index (χ2v) is 4.99. The molecule has 0 spiro atoms. The van der Waals surface area contributed by atoms with Gasteiger partial charge in [0.25, 0.3) is 0 Å². The van der Waals surface area contributed by atoms with Crippen LogP contribution in [0.1, 0.15) is 25.7 Å². The van der Waals surface area contributed by atoms with Crippen LogP contribution < -0.4 is 16.4 Å². The topological polar surface area (TPSA) is 67.2 Å². The molecule has 98 valence electrons. The molecule has 1 aliphatic carbocycles. The summed E-state index contributed by atoms with van der Waals surface area (Å²) in [5.41, 5.74) is 7.06. The third-order valence-electron chi connectivity index (χ3n) is 2.80. The fourth-order valence-corrected chi connectivity index (χ4v) is 1.84. The van der Waals surface area contributed by atoms with Crippen molar-refractivity contribution < 1.29 is 4.79 Å². The van der Waals surface area contributed by atoms with Gasteiger partial charge in [-0.1, -0.05) is 11.6 Å². The molecule has 0 aliphatic heterocycles. The van der Waals surface area contributed by atoms with E-state index < -0.39 is 0 Å². The summed E-state index contributed by atoms with van der Waals surface area (Å²) in [4.78, 5) is 11.7. The fourth-order valence-electron chi connectivity index (χ4n) is 1.67. The molecule has 0 atom stereocenters. The van der Waals surface area contributed by atoms with Gasteiger partial charge in [0.15, 0.2) is 0 Å². The lowest BCUT2D eigenvalue weighted by Gasteiger charge is -2.13. The van der Waals surface area contributed by atoms with Crippen molar-refractivity contribution in [3.05, 3.63) is 23.2 Å². The smallest absolute Gasteiger partial charge is 0.224 e. The van der Waals surface area contributed by atoms with Crippen molar-refractivity contribution >= 4 is 28.9 Å².